The highest BCUT2D eigenvalue weighted by Crippen LogP contribution is 2.31. The first-order valence-corrected chi connectivity index (χ1v) is 9.23. The van der Waals surface area contributed by atoms with Crippen LogP contribution in [0.15, 0.2) is 22.7 Å². The molecule has 0 saturated carbocycles. The number of rotatable bonds is 8. The maximum Gasteiger partial charge on any atom is 0.322 e. The number of benzene rings is 1. The summed E-state index contributed by atoms with van der Waals surface area (Å²) in [5.41, 5.74) is 1.68. The molecule has 1 saturated heterocycles. The van der Waals surface area contributed by atoms with E-state index in [0.717, 1.165) is 29.8 Å². The van der Waals surface area contributed by atoms with E-state index in [2.05, 4.69) is 15.5 Å². The van der Waals surface area contributed by atoms with Gasteiger partial charge >= 0.3 is 6.03 Å². The van der Waals surface area contributed by atoms with Crippen molar-refractivity contribution in [3.63, 3.8) is 0 Å². The molecule has 9 nitrogen and oxygen atoms in total. The summed E-state index contributed by atoms with van der Waals surface area (Å²) in [7, 11) is 3.23. The SMILES string of the molecule is COCCOCc1nc(C2CCCN2C(=O)Nc2ccc(OC)cc2C)no1. The topological polar surface area (TPSA) is 99.0 Å². The Balaban J connectivity index is 1.62. The second-order valence-corrected chi connectivity index (χ2v) is 6.55. The van der Waals surface area contributed by atoms with Crippen molar-refractivity contribution in [2.75, 3.05) is 39.3 Å². The molecule has 2 heterocycles. The van der Waals surface area contributed by atoms with Gasteiger partial charge in [-0.1, -0.05) is 5.16 Å². The van der Waals surface area contributed by atoms with Crippen molar-refractivity contribution in [1.82, 2.24) is 15.0 Å². The second-order valence-electron chi connectivity index (χ2n) is 6.55. The lowest BCUT2D eigenvalue weighted by Crippen LogP contribution is -2.35. The highest BCUT2D eigenvalue weighted by molar-refractivity contribution is 5.90. The first kappa shape index (κ1) is 20.1. The summed E-state index contributed by atoms with van der Waals surface area (Å²) in [5, 5.41) is 7.01. The molecule has 0 spiro atoms. The molecule has 0 bridgehead atoms. The largest absolute Gasteiger partial charge is 0.497 e. The molecule has 2 amide bonds. The quantitative estimate of drug-likeness (QED) is 0.692. The summed E-state index contributed by atoms with van der Waals surface area (Å²) in [6, 6.07) is 5.14. The van der Waals surface area contributed by atoms with Gasteiger partial charge in [0.15, 0.2) is 5.82 Å². The fraction of sp³-hybridized carbons (Fsp3) is 0.526. The fourth-order valence-electron chi connectivity index (χ4n) is 3.13. The monoisotopic (exact) mass is 390 g/mol. The molecule has 1 aliphatic heterocycles. The van der Waals surface area contributed by atoms with Gasteiger partial charge in [-0.05, 0) is 43.5 Å². The van der Waals surface area contributed by atoms with Crippen molar-refractivity contribution in [3.05, 3.63) is 35.5 Å². The maximum atomic E-state index is 12.8. The number of nitrogens with one attached hydrogen (secondary N) is 1. The molecule has 28 heavy (non-hydrogen) atoms. The molecule has 1 aliphatic rings. The van der Waals surface area contributed by atoms with Crippen LogP contribution in [-0.2, 0) is 16.1 Å². The van der Waals surface area contributed by atoms with Crippen molar-refractivity contribution >= 4 is 11.7 Å². The van der Waals surface area contributed by atoms with E-state index < -0.39 is 0 Å². The smallest absolute Gasteiger partial charge is 0.322 e. The third kappa shape index (κ3) is 4.79. The van der Waals surface area contributed by atoms with Gasteiger partial charge in [0.05, 0.1) is 26.4 Å². The van der Waals surface area contributed by atoms with Crippen LogP contribution in [0.4, 0.5) is 10.5 Å². The number of urea groups is 1. The van der Waals surface area contributed by atoms with Crippen molar-refractivity contribution < 1.29 is 23.5 Å². The zero-order valence-corrected chi connectivity index (χ0v) is 16.4. The van der Waals surface area contributed by atoms with Gasteiger partial charge in [-0.15, -0.1) is 0 Å². The van der Waals surface area contributed by atoms with Crippen LogP contribution in [0.25, 0.3) is 0 Å². The number of amides is 2. The fourth-order valence-corrected chi connectivity index (χ4v) is 3.13. The lowest BCUT2D eigenvalue weighted by atomic mass is 10.2. The van der Waals surface area contributed by atoms with Crippen molar-refractivity contribution in [2.45, 2.75) is 32.4 Å². The highest BCUT2D eigenvalue weighted by atomic mass is 16.5. The third-order valence-corrected chi connectivity index (χ3v) is 4.63. The summed E-state index contributed by atoms with van der Waals surface area (Å²) in [4.78, 5) is 18.9. The molecule has 1 N–H and O–H groups in total. The van der Waals surface area contributed by atoms with E-state index in [1.807, 2.05) is 25.1 Å². The first-order valence-electron chi connectivity index (χ1n) is 9.23. The molecule has 2 aromatic rings. The predicted molar refractivity (Wildman–Crippen MR) is 101 cm³/mol. The summed E-state index contributed by atoms with van der Waals surface area (Å²) in [6.07, 6.45) is 1.67. The molecule has 0 radical (unpaired) electrons. The summed E-state index contributed by atoms with van der Waals surface area (Å²) >= 11 is 0. The third-order valence-electron chi connectivity index (χ3n) is 4.63. The van der Waals surface area contributed by atoms with Gasteiger partial charge in [-0.2, -0.15) is 4.98 Å². The summed E-state index contributed by atoms with van der Waals surface area (Å²) in [5.74, 6) is 1.65. The number of ether oxygens (including phenoxy) is 3. The minimum absolute atomic E-state index is 0.182. The number of carbonyl (C=O) groups is 1. The van der Waals surface area contributed by atoms with Crippen LogP contribution >= 0.6 is 0 Å². The van der Waals surface area contributed by atoms with Gasteiger partial charge in [-0.25, -0.2) is 4.79 Å². The van der Waals surface area contributed by atoms with Crippen LogP contribution in [0.5, 0.6) is 5.75 Å². The van der Waals surface area contributed by atoms with Gasteiger partial charge in [0, 0.05) is 19.3 Å². The van der Waals surface area contributed by atoms with Crippen LogP contribution in [0.1, 0.15) is 36.2 Å². The molecule has 1 aromatic carbocycles. The van der Waals surface area contributed by atoms with Gasteiger partial charge in [0.2, 0.25) is 0 Å². The van der Waals surface area contributed by atoms with Crippen LogP contribution in [0.2, 0.25) is 0 Å². The number of aromatic nitrogens is 2. The lowest BCUT2D eigenvalue weighted by Gasteiger charge is -2.23. The molecule has 0 aliphatic carbocycles. The molecule has 1 unspecified atom stereocenters. The second kappa shape index (κ2) is 9.52. The van der Waals surface area contributed by atoms with Gasteiger partial charge < -0.3 is 29.0 Å². The average Bonchev–Trinajstić information content (AvgIpc) is 3.36. The van der Waals surface area contributed by atoms with Gasteiger partial charge in [-0.3, -0.25) is 0 Å². The standard InChI is InChI=1S/C19H26N4O5/c1-13-11-14(26-3)6-7-15(13)20-19(24)23-8-4-5-16(23)18-21-17(28-22-18)12-27-10-9-25-2/h6-7,11,16H,4-5,8-10,12H2,1-3H3,(H,20,24). The van der Waals surface area contributed by atoms with Crippen LogP contribution < -0.4 is 10.1 Å². The van der Waals surface area contributed by atoms with Crippen molar-refractivity contribution in [2.24, 2.45) is 0 Å². The van der Waals surface area contributed by atoms with E-state index in [9.17, 15) is 4.79 Å². The zero-order valence-electron chi connectivity index (χ0n) is 16.4. The number of hydrogen-bond acceptors (Lipinski definition) is 7. The molecule has 3 rings (SSSR count). The van der Waals surface area contributed by atoms with E-state index in [-0.39, 0.29) is 18.7 Å². The Morgan fingerprint density at radius 1 is 1.36 bits per heavy atom. The van der Waals surface area contributed by atoms with Gasteiger partial charge in [0.1, 0.15) is 12.4 Å². The highest BCUT2D eigenvalue weighted by Gasteiger charge is 2.33. The normalized spacial score (nSPS) is 16.4. The van der Waals surface area contributed by atoms with Crippen LogP contribution in [0, 0.1) is 6.92 Å². The molecule has 1 aromatic heterocycles. The molecule has 1 atom stereocenters. The zero-order chi connectivity index (χ0) is 19.9. The number of nitrogens with zero attached hydrogens (tertiary/aromatic N) is 3. The average molecular weight is 390 g/mol. The summed E-state index contributed by atoms with van der Waals surface area (Å²) < 4.78 is 20.8. The Bertz CT molecular complexity index is 794. The van der Waals surface area contributed by atoms with Gasteiger partial charge in [0.25, 0.3) is 5.89 Å². The number of carbonyl (C=O) groups excluding carboxylic acids is 1. The first-order chi connectivity index (χ1) is 13.6. The number of hydrogen-bond donors (Lipinski definition) is 1. The number of likely N-dealkylation sites (tertiary alicyclic amines) is 1. The molecular formula is C19H26N4O5. The molecule has 9 heteroatoms. The molecule has 1 fully saturated rings. The number of methoxy groups -OCH3 is 2. The molecular weight excluding hydrogens is 364 g/mol. The van der Waals surface area contributed by atoms with E-state index >= 15 is 0 Å². The van der Waals surface area contributed by atoms with E-state index in [4.69, 9.17) is 18.7 Å². The Morgan fingerprint density at radius 2 is 2.21 bits per heavy atom. The minimum atomic E-state index is -0.213. The Hall–Kier alpha value is -2.65. The number of anilines is 1. The maximum absolute atomic E-state index is 12.8. The van der Waals surface area contributed by atoms with Crippen LogP contribution in [0.3, 0.4) is 0 Å². The number of aryl methyl sites for hydroxylation is 1. The molecule has 152 valence electrons. The van der Waals surface area contributed by atoms with E-state index in [1.54, 1.807) is 19.1 Å². The predicted octanol–water partition coefficient (Wildman–Crippen LogP) is 2.92. The summed E-state index contributed by atoms with van der Waals surface area (Å²) in [6.45, 7) is 3.74. The van der Waals surface area contributed by atoms with Crippen molar-refractivity contribution in [1.29, 1.82) is 0 Å². The lowest BCUT2D eigenvalue weighted by molar-refractivity contribution is 0.0494. The van der Waals surface area contributed by atoms with E-state index in [1.165, 1.54) is 0 Å². The minimum Gasteiger partial charge on any atom is -0.497 e. The Kier molecular flexibility index (Phi) is 6.83. The Labute approximate surface area is 163 Å². The van der Waals surface area contributed by atoms with Crippen LogP contribution in [-0.4, -0.2) is 55.0 Å². The van der Waals surface area contributed by atoms with E-state index in [0.29, 0.717) is 31.5 Å². The Morgan fingerprint density at radius 3 is 2.96 bits per heavy atom. The van der Waals surface area contributed by atoms with Crippen molar-refractivity contribution in [3.8, 4) is 5.75 Å².